The standard InChI is InChI=1S/C21H21N3O2/c1-4-25-19-10-16-18(11-20(19)26-5-2)23-13-15(12-22)21(16)24-17-9-7-6-8-14(17)3/h6-11,13H,4-5H2,1-3H3,(H,23,24). The van der Waals surface area contributed by atoms with Crippen LogP contribution in [0.2, 0.25) is 0 Å². The highest BCUT2D eigenvalue weighted by atomic mass is 16.5. The summed E-state index contributed by atoms with van der Waals surface area (Å²) in [6, 6.07) is 13.9. The number of nitrogens with zero attached hydrogens (tertiary/aromatic N) is 2. The molecule has 0 unspecified atom stereocenters. The van der Waals surface area contributed by atoms with Crippen molar-refractivity contribution in [3.63, 3.8) is 0 Å². The summed E-state index contributed by atoms with van der Waals surface area (Å²) in [6.07, 6.45) is 1.58. The van der Waals surface area contributed by atoms with Gasteiger partial charge < -0.3 is 14.8 Å². The Morgan fingerprint density at radius 3 is 2.42 bits per heavy atom. The molecule has 0 saturated carbocycles. The molecular formula is C21H21N3O2. The highest BCUT2D eigenvalue weighted by Crippen LogP contribution is 2.37. The number of aryl methyl sites for hydroxylation is 1. The Morgan fingerprint density at radius 2 is 1.77 bits per heavy atom. The van der Waals surface area contributed by atoms with Crippen LogP contribution in [-0.4, -0.2) is 18.2 Å². The largest absolute Gasteiger partial charge is 0.490 e. The highest BCUT2D eigenvalue weighted by molar-refractivity contribution is 5.97. The maximum Gasteiger partial charge on any atom is 0.163 e. The smallest absolute Gasteiger partial charge is 0.163 e. The van der Waals surface area contributed by atoms with E-state index >= 15 is 0 Å². The maximum absolute atomic E-state index is 9.55. The molecule has 0 fully saturated rings. The van der Waals surface area contributed by atoms with Crippen molar-refractivity contribution in [1.29, 1.82) is 5.26 Å². The summed E-state index contributed by atoms with van der Waals surface area (Å²) in [5, 5.41) is 13.8. The first kappa shape index (κ1) is 17.6. The Labute approximate surface area is 153 Å². The van der Waals surface area contributed by atoms with Crippen LogP contribution < -0.4 is 14.8 Å². The molecule has 0 radical (unpaired) electrons. The zero-order chi connectivity index (χ0) is 18.5. The fourth-order valence-corrected chi connectivity index (χ4v) is 2.80. The van der Waals surface area contributed by atoms with Crippen molar-refractivity contribution in [2.45, 2.75) is 20.8 Å². The van der Waals surface area contributed by atoms with Crippen molar-refractivity contribution in [3.05, 3.63) is 53.7 Å². The second kappa shape index (κ2) is 7.75. The second-order valence-corrected chi connectivity index (χ2v) is 5.78. The summed E-state index contributed by atoms with van der Waals surface area (Å²) < 4.78 is 11.4. The molecule has 2 aromatic carbocycles. The molecule has 0 saturated heterocycles. The van der Waals surface area contributed by atoms with Gasteiger partial charge in [-0.05, 0) is 38.5 Å². The van der Waals surface area contributed by atoms with E-state index in [0.717, 1.165) is 27.8 Å². The predicted octanol–water partition coefficient (Wildman–Crippen LogP) is 4.96. The Morgan fingerprint density at radius 1 is 1.08 bits per heavy atom. The number of nitrogens with one attached hydrogen (secondary N) is 1. The van der Waals surface area contributed by atoms with Crippen molar-refractivity contribution < 1.29 is 9.47 Å². The van der Waals surface area contributed by atoms with Gasteiger partial charge in [-0.25, -0.2) is 0 Å². The number of para-hydroxylation sites is 1. The lowest BCUT2D eigenvalue weighted by molar-refractivity contribution is 0.288. The molecular weight excluding hydrogens is 326 g/mol. The van der Waals surface area contributed by atoms with Crippen molar-refractivity contribution in [3.8, 4) is 17.6 Å². The lowest BCUT2D eigenvalue weighted by Gasteiger charge is -2.16. The first-order valence-electron chi connectivity index (χ1n) is 8.63. The summed E-state index contributed by atoms with van der Waals surface area (Å²) in [4.78, 5) is 4.42. The zero-order valence-corrected chi connectivity index (χ0v) is 15.2. The van der Waals surface area contributed by atoms with Crippen LogP contribution in [0, 0.1) is 18.3 Å². The summed E-state index contributed by atoms with van der Waals surface area (Å²) in [6.45, 7) is 6.94. The van der Waals surface area contributed by atoms with Gasteiger partial charge in [0.15, 0.2) is 11.5 Å². The van der Waals surface area contributed by atoms with Crippen molar-refractivity contribution in [2.24, 2.45) is 0 Å². The molecule has 5 heteroatoms. The lowest BCUT2D eigenvalue weighted by atomic mass is 10.1. The van der Waals surface area contributed by atoms with Crippen molar-refractivity contribution in [1.82, 2.24) is 4.98 Å². The van der Waals surface area contributed by atoms with Crippen LogP contribution in [0.15, 0.2) is 42.6 Å². The molecule has 0 bridgehead atoms. The average molecular weight is 347 g/mol. The molecule has 3 rings (SSSR count). The third-order valence-electron chi connectivity index (χ3n) is 4.06. The van der Waals surface area contributed by atoms with Gasteiger partial charge in [0.25, 0.3) is 0 Å². The van der Waals surface area contributed by atoms with E-state index in [1.165, 1.54) is 0 Å². The minimum atomic E-state index is 0.479. The third-order valence-corrected chi connectivity index (χ3v) is 4.06. The number of hydrogen-bond acceptors (Lipinski definition) is 5. The van der Waals surface area contributed by atoms with E-state index in [4.69, 9.17) is 9.47 Å². The van der Waals surface area contributed by atoms with Gasteiger partial charge in [-0.2, -0.15) is 5.26 Å². The van der Waals surface area contributed by atoms with E-state index < -0.39 is 0 Å². The first-order chi connectivity index (χ1) is 12.7. The van der Waals surface area contributed by atoms with Gasteiger partial charge >= 0.3 is 0 Å². The summed E-state index contributed by atoms with van der Waals surface area (Å²) in [7, 11) is 0. The van der Waals surface area contributed by atoms with Gasteiger partial charge in [0, 0.05) is 23.3 Å². The number of rotatable bonds is 6. The van der Waals surface area contributed by atoms with Crippen molar-refractivity contribution in [2.75, 3.05) is 18.5 Å². The first-order valence-corrected chi connectivity index (χ1v) is 8.63. The Hall–Kier alpha value is -3.26. The van der Waals surface area contributed by atoms with Gasteiger partial charge in [-0.3, -0.25) is 4.98 Å². The third kappa shape index (κ3) is 3.40. The number of aromatic nitrogens is 1. The summed E-state index contributed by atoms with van der Waals surface area (Å²) in [5.41, 5.74) is 3.98. The fraction of sp³-hybridized carbons (Fsp3) is 0.238. The van der Waals surface area contributed by atoms with Gasteiger partial charge in [0.1, 0.15) is 6.07 Å². The monoisotopic (exact) mass is 347 g/mol. The molecule has 132 valence electrons. The molecule has 0 amide bonds. The van der Waals surface area contributed by atoms with Crippen LogP contribution in [0.5, 0.6) is 11.5 Å². The minimum absolute atomic E-state index is 0.479. The molecule has 1 aromatic heterocycles. The summed E-state index contributed by atoms with van der Waals surface area (Å²) in [5.74, 6) is 1.30. The van der Waals surface area contributed by atoms with E-state index in [9.17, 15) is 5.26 Å². The lowest BCUT2D eigenvalue weighted by Crippen LogP contribution is -2.01. The van der Waals surface area contributed by atoms with Crippen LogP contribution in [0.25, 0.3) is 10.9 Å². The minimum Gasteiger partial charge on any atom is -0.490 e. The number of ether oxygens (including phenoxy) is 2. The predicted molar refractivity (Wildman–Crippen MR) is 103 cm³/mol. The fourth-order valence-electron chi connectivity index (χ4n) is 2.80. The molecule has 0 aliphatic rings. The van der Waals surface area contributed by atoms with Gasteiger partial charge in [0.2, 0.25) is 0 Å². The topological polar surface area (TPSA) is 67.2 Å². The quantitative estimate of drug-likeness (QED) is 0.683. The Kier molecular flexibility index (Phi) is 5.23. The van der Waals surface area contributed by atoms with Crippen LogP contribution in [-0.2, 0) is 0 Å². The van der Waals surface area contributed by atoms with Gasteiger partial charge in [-0.15, -0.1) is 0 Å². The number of anilines is 2. The van der Waals surface area contributed by atoms with Gasteiger partial charge in [-0.1, -0.05) is 18.2 Å². The SMILES string of the molecule is CCOc1cc2ncc(C#N)c(Nc3ccccc3C)c2cc1OCC. The van der Waals surface area contributed by atoms with E-state index in [-0.39, 0.29) is 0 Å². The average Bonchev–Trinajstić information content (AvgIpc) is 2.65. The highest BCUT2D eigenvalue weighted by Gasteiger charge is 2.15. The second-order valence-electron chi connectivity index (χ2n) is 5.78. The Balaban J connectivity index is 2.20. The molecule has 26 heavy (non-hydrogen) atoms. The van der Waals surface area contributed by atoms with Crippen LogP contribution in [0.1, 0.15) is 25.0 Å². The van der Waals surface area contributed by atoms with Crippen LogP contribution >= 0.6 is 0 Å². The molecule has 0 aliphatic heterocycles. The molecule has 1 N–H and O–H groups in total. The summed E-state index contributed by atoms with van der Waals surface area (Å²) >= 11 is 0. The normalized spacial score (nSPS) is 10.4. The molecule has 1 heterocycles. The van der Waals surface area contributed by atoms with E-state index in [1.54, 1.807) is 6.20 Å². The van der Waals surface area contributed by atoms with E-state index in [0.29, 0.717) is 30.3 Å². The zero-order valence-electron chi connectivity index (χ0n) is 15.2. The number of benzene rings is 2. The molecule has 0 aliphatic carbocycles. The molecule has 0 spiro atoms. The number of fused-ring (bicyclic) bond motifs is 1. The van der Waals surface area contributed by atoms with Crippen LogP contribution in [0.4, 0.5) is 11.4 Å². The molecule has 0 atom stereocenters. The maximum atomic E-state index is 9.55. The number of pyridine rings is 1. The number of nitriles is 1. The van der Waals surface area contributed by atoms with Crippen LogP contribution in [0.3, 0.4) is 0 Å². The van der Waals surface area contributed by atoms with E-state index in [1.807, 2.05) is 57.2 Å². The molecule has 5 nitrogen and oxygen atoms in total. The number of hydrogen-bond donors (Lipinski definition) is 1. The van der Waals surface area contributed by atoms with E-state index in [2.05, 4.69) is 16.4 Å². The van der Waals surface area contributed by atoms with Gasteiger partial charge in [0.05, 0.1) is 30.0 Å². The molecule has 3 aromatic rings. The van der Waals surface area contributed by atoms with Crippen molar-refractivity contribution >= 4 is 22.3 Å². The Bertz CT molecular complexity index is 977.